The van der Waals surface area contributed by atoms with Gasteiger partial charge in [0.1, 0.15) is 17.6 Å². The first-order valence-electron chi connectivity index (χ1n) is 12.0. The second-order valence-electron chi connectivity index (χ2n) is 8.58. The van der Waals surface area contributed by atoms with E-state index in [1.807, 2.05) is 6.07 Å². The molecule has 2 aromatic rings. The van der Waals surface area contributed by atoms with Gasteiger partial charge in [-0.1, -0.05) is 11.6 Å². The molecule has 0 unspecified atom stereocenters. The van der Waals surface area contributed by atoms with Crippen LogP contribution < -0.4 is 14.8 Å². The zero-order valence-corrected chi connectivity index (χ0v) is 20.7. The summed E-state index contributed by atoms with van der Waals surface area (Å²) in [4.78, 5) is 23.7. The van der Waals surface area contributed by atoms with Crippen LogP contribution in [0.25, 0.3) is 0 Å². The molecule has 0 aromatic heterocycles. The van der Waals surface area contributed by atoms with Gasteiger partial charge in [-0.05, 0) is 81.3 Å². The fraction of sp³-hybridized carbons (Fsp3) is 0.444. The Morgan fingerprint density at radius 3 is 2.40 bits per heavy atom. The highest BCUT2D eigenvalue weighted by atomic mass is 35.5. The molecule has 1 amide bonds. The number of esters is 1. The Bertz CT molecular complexity index is 1030. The monoisotopic (exact) mass is 498 g/mol. The first-order valence-corrected chi connectivity index (χ1v) is 12.3. The summed E-state index contributed by atoms with van der Waals surface area (Å²) in [5.41, 5.74) is 1.03. The van der Waals surface area contributed by atoms with Gasteiger partial charge in [0.25, 0.3) is 5.91 Å². The number of carbonyl (C=O) groups is 2. The van der Waals surface area contributed by atoms with Gasteiger partial charge >= 0.3 is 5.97 Å². The number of hydrogen-bond acceptors (Lipinski definition) is 6. The van der Waals surface area contributed by atoms with E-state index in [9.17, 15) is 9.59 Å². The zero-order chi connectivity index (χ0) is 25.0. The van der Waals surface area contributed by atoms with Crippen LogP contribution in [0, 0.1) is 11.3 Å². The third-order valence-corrected chi connectivity index (χ3v) is 6.32. The number of halogens is 1. The number of ether oxygens (including phenoxy) is 3. The number of amides is 1. The Morgan fingerprint density at radius 1 is 1.03 bits per heavy atom. The van der Waals surface area contributed by atoms with E-state index in [0.29, 0.717) is 34.9 Å². The number of nitriles is 1. The number of nitrogens with zero attached hydrogens (tertiary/aromatic N) is 1. The third-order valence-electron chi connectivity index (χ3n) is 6.01. The lowest BCUT2D eigenvalue weighted by atomic mass is 9.92. The molecular weight excluding hydrogens is 468 g/mol. The molecule has 0 saturated heterocycles. The van der Waals surface area contributed by atoms with Crippen LogP contribution in [0.15, 0.2) is 42.5 Å². The number of hydrogen-bond donors (Lipinski definition) is 1. The molecule has 0 atom stereocenters. The Kier molecular flexibility index (Phi) is 10.2. The molecule has 186 valence electrons. The van der Waals surface area contributed by atoms with Crippen LogP contribution in [0.5, 0.6) is 11.5 Å². The van der Waals surface area contributed by atoms with Gasteiger partial charge in [-0.3, -0.25) is 9.59 Å². The number of methoxy groups -OCH3 is 1. The fourth-order valence-electron chi connectivity index (χ4n) is 3.99. The van der Waals surface area contributed by atoms with E-state index >= 15 is 0 Å². The molecule has 1 fully saturated rings. The Labute approximate surface area is 211 Å². The Hall–Kier alpha value is -3.24. The van der Waals surface area contributed by atoms with Gasteiger partial charge in [0.2, 0.25) is 0 Å². The van der Waals surface area contributed by atoms with Crippen molar-refractivity contribution in [2.75, 3.05) is 13.7 Å². The second kappa shape index (κ2) is 13.6. The summed E-state index contributed by atoms with van der Waals surface area (Å²) in [6.45, 7) is 0.562. The van der Waals surface area contributed by atoms with Crippen LogP contribution in [0.3, 0.4) is 0 Å². The van der Waals surface area contributed by atoms with Crippen LogP contribution in [-0.2, 0) is 9.53 Å². The molecule has 2 aromatic carbocycles. The third kappa shape index (κ3) is 8.48. The minimum Gasteiger partial charge on any atom is -0.494 e. The van der Waals surface area contributed by atoms with E-state index < -0.39 is 0 Å². The zero-order valence-electron chi connectivity index (χ0n) is 19.9. The normalized spacial score (nSPS) is 17.2. The van der Waals surface area contributed by atoms with Crippen molar-refractivity contribution >= 4 is 23.5 Å². The maximum absolute atomic E-state index is 12.6. The van der Waals surface area contributed by atoms with E-state index in [4.69, 9.17) is 26.3 Å². The molecule has 0 radical (unpaired) electrons. The van der Waals surface area contributed by atoms with Gasteiger partial charge in [0, 0.05) is 24.1 Å². The van der Waals surface area contributed by atoms with Crippen molar-refractivity contribution in [3.8, 4) is 17.6 Å². The van der Waals surface area contributed by atoms with Crippen molar-refractivity contribution in [1.82, 2.24) is 5.32 Å². The molecule has 1 aliphatic rings. The number of benzene rings is 2. The highest BCUT2D eigenvalue weighted by Gasteiger charge is 2.24. The molecule has 7 nitrogen and oxygen atoms in total. The smallest absolute Gasteiger partial charge is 0.305 e. The summed E-state index contributed by atoms with van der Waals surface area (Å²) in [6.07, 6.45) is 6.34. The minimum atomic E-state index is -0.186. The van der Waals surface area contributed by atoms with Crippen LogP contribution in [-0.4, -0.2) is 37.7 Å². The molecule has 1 N–H and O–H groups in total. The molecule has 0 heterocycles. The minimum absolute atomic E-state index is 0.0593. The Balaban J connectivity index is 1.35. The fourth-order valence-corrected chi connectivity index (χ4v) is 4.20. The average Bonchev–Trinajstić information content (AvgIpc) is 2.87. The van der Waals surface area contributed by atoms with Gasteiger partial charge in [0.15, 0.2) is 0 Å². The van der Waals surface area contributed by atoms with E-state index in [1.165, 1.54) is 7.11 Å². The standard InChI is InChI=1S/C27H31ClN2O5/c1-33-26(31)5-3-2-4-16-34-22-11-6-19(7-12-22)27(32)30-21-9-14-23(15-10-21)35-24-13-8-20(18-29)25(28)17-24/h6-8,11-13,17,21,23H,2-5,9-10,14-16H2,1H3,(H,30,32). The van der Waals surface area contributed by atoms with Gasteiger partial charge in [0.05, 0.1) is 30.4 Å². The lowest BCUT2D eigenvalue weighted by molar-refractivity contribution is -0.140. The second-order valence-corrected chi connectivity index (χ2v) is 8.99. The number of unbranched alkanes of at least 4 members (excludes halogenated alkanes) is 2. The quantitative estimate of drug-likeness (QED) is 0.327. The first kappa shape index (κ1) is 26.4. The van der Waals surface area contributed by atoms with E-state index in [2.05, 4.69) is 10.1 Å². The molecule has 1 saturated carbocycles. The van der Waals surface area contributed by atoms with Crippen molar-refractivity contribution in [2.24, 2.45) is 0 Å². The summed E-state index contributed by atoms with van der Waals surface area (Å²) < 4.78 is 16.4. The lowest BCUT2D eigenvalue weighted by Crippen LogP contribution is -2.39. The molecule has 0 spiro atoms. The van der Waals surface area contributed by atoms with E-state index in [1.54, 1.807) is 42.5 Å². The lowest BCUT2D eigenvalue weighted by Gasteiger charge is -2.29. The van der Waals surface area contributed by atoms with Crippen molar-refractivity contribution in [3.05, 3.63) is 58.6 Å². The van der Waals surface area contributed by atoms with Crippen molar-refractivity contribution in [2.45, 2.75) is 63.5 Å². The number of rotatable bonds is 11. The highest BCUT2D eigenvalue weighted by Crippen LogP contribution is 2.27. The largest absolute Gasteiger partial charge is 0.494 e. The Morgan fingerprint density at radius 2 is 1.74 bits per heavy atom. The van der Waals surface area contributed by atoms with Gasteiger partial charge in [-0.25, -0.2) is 0 Å². The average molecular weight is 499 g/mol. The van der Waals surface area contributed by atoms with Crippen molar-refractivity contribution in [3.63, 3.8) is 0 Å². The highest BCUT2D eigenvalue weighted by molar-refractivity contribution is 6.31. The molecule has 0 bridgehead atoms. The summed E-state index contributed by atoms with van der Waals surface area (Å²) in [5.74, 6) is 1.09. The SMILES string of the molecule is COC(=O)CCCCCOc1ccc(C(=O)NC2CCC(Oc3ccc(C#N)c(Cl)c3)CC2)cc1. The first-order chi connectivity index (χ1) is 17.0. The van der Waals surface area contributed by atoms with Gasteiger partial charge in [-0.15, -0.1) is 0 Å². The maximum atomic E-state index is 12.6. The van der Waals surface area contributed by atoms with Crippen LogP contribution in [0.1, 0.15) is 67.3 Å². The molecule has 1 aliphatic carbocycles. The predicted molar refractivity (Wildman–Crippen MR) is 133 cm³/mol. The number of nitrogens with one attached hydrogen (secondary N) is 1. The van der Waals surface area contributed by atoms with Crippen molar-refractivity contribution in [1.29, 1.82) is 5.26 Å². The summed E-state index contributed by atoms with van der Waals surface area (Å²) in [7, 11) is 1.40. The molecule has 3 rings (SSSR count). The molecule has 0 aliphatic heterocycles. The molecular formula is C27H31ClN2O5. The summed E-state index contributed by atoms with van der Waals surface area (Å²) in [5, 5.41) is 12.5. The molecule has 35 heavy (non-hydrogen) atoms. The predicted octanol–water partition coefficient (Wildman–Crippen LogP) is 5.44. The number of carbonyl (C=O) groups excluding carboxylic acids is 2. The van der Waals surface area contributed by atoms with Crippen LogP contribution >= 0.6 is 11.6 Å². The topological polar surface area (TPSA) is 97.7 Å². The van der Waals surface area contributed by atoms with Gasteiger partial charge < -0.3 is 19.5 Å². The van der Waals surface area contributed by atoms with E-state index in [-0.39, 0.29) is 24.0 Å². The van der Waals surface area contributed by atoms with E-state index in [0.717, 1.165) is 50.7 Å². The van der Waals surface area contributed by atoms with Crippen LogP contribution in [0.2, 0.25) is 5.02 Å². The van der Waals surface area contributed by atoms with Gasteiger partial charge in [-0.2, -0.15) is 5.26 Å². The summed E-state index contributed by atoms with van der Waals surface area (Å²) >= 11 is 6.08. The van der Waals surface area contributed by atoms with Crippen molar-refractivity contribution < 1.29 is 23.8 Å². The summed E-state index contributed by atoms with van der Waals surface area (Å²) in [6, 6.07) is 14.4. The maximum Gasteiger partial charge on any atom is 0.305 e. The molecule has 8 heteroatoms. The van der Waals surface area contributed by atoms with Crippen LogP contribution in [0.4, 0.5) is 0 Å².